The third-order valence-electron chi connectivity index (χ3n) is 2.09. The highest BCUT2D eigenvalue weighted by atomic mass is 16.3. The Morgan fingerprint density at radius 3 is 1.92 bits per heavy atom. The Balaban J connectivity index is 3.92. The zero-order valence-corrected chi connectivity index (χ0v) is 8.77. The molecular weight excluding hydrogens is 170 g/mol. The molecule has 0 saturated carbocycles. The lowest BCUT2D eigenvalue weighted by atomic mass is 10.2. The van der Waals surface area contributed by atoms with Gasteiger partial charge in [-0.05, 0) is 6.42 Å². The highest BCUT2D eigenvalue weighted by molar-refractivity contribution is 4.54. The summed E-state index contributed by atoms with van der Waals surface area (Å²) in [6.07, 6.45) is -0.309. The first kappa shape index (κ1) is 12.8. The Morgan fingerprint density at radius 2 is 1.54 bits per heavy atom. The van der Waals surface area contributed by atoms with Crippen molar-refractivity contribution in [1.29, 1.82) is 0 Å². The van der Waals surface area contributed by atoms with Crippen LogP contribution in [-0.2, 0) is 0 Å². The number of quaternary nitrogens is 1. The van der Waals surface area contributed by atoms with Gasteiger partial charge >= 0.3 is 0 Å². The normalized spacial score (nSPS) is 17.1. The van der Waals surface area contributed by atoms with Gasteiger partial charge in [0.1, 0.15) is 25.3 Å². The molecule has 0 aromatic heterocycles. The molecular formula is C9H22NO3+. The van der Waals surface area contributed by atoms with Crippen LogP contribution in [0.3, 0.4) is 0 Å². The second-order valence-corrected chi connectivity index (χ2v) is 4.20. The quantitative estimate of drug-likeness (QED) is 0.482. The molecule has 0 aliphatic rings. The Kier molecular flexibility index (Phi) is 5.48. The van der Waals surface area contributed by atoms with E-state index in [9.17, 15) is 10.2 Å². The summed E-state index contributed by atoms with van der Waals surface area (Å²) in [5.41, 5.74) is 0. The molecule has 2 unspecified atom stereocenters. The van der Waals surface area contributed by atoms with Gasteiger partial charge in [0, 0.05) is 0 Å². The van der Waals surface area contributed by atoms with Crippen LogP contribution in [0.25, 0.3) is 0 Å². The maximum absolute atomic E-state index is 9.42. The van der Waals surface area contributed by atoms with E-state index in [1.165, 1.54) is 0 Å². The monoisotopic (exact) mass is 192 g/mol. The Labute approximate surface area is 80.0 Å². The van der Waals surface area contributed by atoms with Crippen LogP contribution in [0.2, 0.25) is 0 Å². The Bertz CT molecular complexity index is 125. The molecule has 0 bridgehead atoms. The minimum Gasteiger partial charge on any atom is -0.393 e. The minimum absolute atomic E-state index is 0.218. The van der Waals surface area contributed by atoms with Crippen LogP contribution >= 0.6 is 0 Å². The average Bonchev–Trinajstić information content (AvgIpc) is 2.02. The zero-order valence-electron chi connectivity index (χ0n) is 8.77. The van der Waals surface area contributed by atoms with E-state index in [-0.39, 0.29) is 12.7 Å². The van der Waals surface area contributed by atoms with E-state index in [0.29, 0.717) is 17.6 Å². The van der Waals surface area contributed by atoms with Gasteiger partial charge in [-0.25, -0.2) is 0 Å². The summed E-state index contributed by atoms with van der Waals surface area (Å²) in [6.45, 7) is 2.78. The van der Waals surface area contributed by atoms with Gasteiger partial charge in [0.05, 0.1) is 20.7 Å². The zero-order chi connectivity index (χ0) is 10.5. The van der Waals surface area contributed by atoms with Gasteiger partial charge in [-0.3, -0.25) is 0 Å². The molecule has 0 aromatic carbocycles. The number of likely N-dealkylation sites (N-methyl/N-ethyl adjacent to an activating group) is 1. The van der Waals surface area contributed by atoms with Crippen molar-refractivity contribution in [1.82, 2.24) is 0 Å². The predicted molar refractivity (Wildman–Crippen MR) is 51.2 cm³/mol. The first-order valence-corrected chi connectivity index (χ1v) is 4.70. The summed E-state index contributed by atoms with van der Waals surface area (Å²) in [5.74, 6) is 0. The largest absolute Gasteiger partial charge is 0.393 e. The van der Waals surface area contributed by atoms with Crippen LogP contribution in [-0.4, -0.2) is 65.8 Å². The SMILES string of the molecule is CCC(O)C[N+](C)(C)CC(O)CO. The van der Waals surface area contributed by atoms with Crippen molar-refractivity contribution in [3.05, 3.63) is 0 Å². The van der Waals surface area contributed by atoms with E-state index in [2.05, 4.69) is 0 Å². The fraction of sp³-hybridized carbons (Fsp3) is 1.00. The van der Waals surface area contributed by atoms with Gasteiger partial charge in [-0.2, -0.15) is 0 Å². The maximum Gasteiger partial charge on any atom is 0.126 e. The van der Waals surface area contributed by atoms with Crippen molar-refractivity contribution in [3.63, 3.8) is 0 Å². The summed E-state index contributed by atoms with van der Waals surface area (Å²) in [4.78, 5) is 0. The molecule has 0 heterocycles. The van der Waals surface area contributed by atoms with E-state index >= 15 is 0 Å². The molecule has 0 aliphatic heterocycles. The highest BCUT2D eigenvalue weighted by Crippen LogP contribution is 2.04. The molecule has 0 amide bonds. The van der Waals surface area contributed by atoms with Gasteiger partial charge in [0.2, 0.25) is 0 Å². The van der Waals surface area contributed by atoms with E-state index in [4.69, 9.17) is 5.11 Å². The number of aliphatic hydroxyl groups excluding tert-OH is 3. The van der Waals surface area contributed by atoms with Crippen molar-refractivity contribution < 1.29 is 19.8 Å². The van der Waals surface area contributed by atoms with Crippen molar-refractivity contribution in [2.45, 2.75) is 25.6 Å². The molecule has 2 atom stereocenters. The summed E-state index contributed by atoms with van der Waals surface area (Å²) in [6, 6.07) is 0. The fourth-order valence-electron chi connectivity index (χ4n) is 1.40. The summed E-state index contributed by atoms with van der Waals surface area (Å²) < 4.78 is 0.525. The van der Waals surface area contributed by atoms with Crippen molar-refractivity contribution in [2.24, 2.45) is 0 Å². The van der Waals surface area contributed by atoms with Gasteiger partial charge < -0.3 is 19.8 Å². The van der Waals surface area contributed by atoms with Crippen LogP contribution in [0.1, 0.15) is 13.3 Å². The van der Waals surface area contributed by atoms with Gasteiger partial charge in [-0.1, -0.05) is 6.92 Å². The molecule has 0 aliphatic carbocycles. The van der Waals surface area contributed by atoms with Gasteiger partial charge in [0.15, 0.2) is 0 Å². The van der Waals surface area contributed by atoms with Crippen LogP contribution in [0.15, 0.2) is 0 Å². The molecule has 0 saturated heterocycles. The number of rotatable bonds is 6. The molecule has 4 heteroatoms. The number of nitrogens with zero attached hydrogens (tertiary/aromatic N) is 1. The number of hydrogen-bond acceptors (Lipinski definition) is 3. The summed E-state index contributed by atoms with van der Waals surface area (Å²) >= 11 is 0. The minimum atomic E-state index is -0.695. The van der Waals surface area contributed by atoms with Crippen LogP contribution in [0.4, 0.5) is 0 Å². The first-order chi connectivity index (χ1) is 5.91. The van der Waals surface area contributed by atoms with Crippen LogP contribution in [0.5, 0.6) is 0 Å². The molecule has 0 spiro atoms. The lowest BCUT2D eigenvalue weighted by molar-refractivity contribution is -0.896. The van der Waals surface area contributed by atoms with Crippen molar-refractivity contribution in [2.75, 3.05) is 33.8 Å². The van der Waals surface area contributed by atoms with E-state index < -0.39 is 6.10 Å². The molecule has 13 heavy (non-hydrogen) atoms. The van der Waals surface area contributed by atoms with Gasteiger partial charge in [0.25, 0.3) is 0 Å². The molecule has 0 aromatic rings. The molecule has 0 fully saturated rings. The third-order valence-corrected chi connectivity index (χ3v) is 2.09. The fourth-order valence-corrected chi connectivity index (χ4v) is 1.40. The molecule has 3 N–H and O–H groups in total. The predicted octanol–water partition coefficient (Wildman–Crippen LogP) is -0.813. The number of aliphatic hydroxyl groups is 3. The molecule has 80 valence electrons. The highest BCUT2D eigenvalue weighted by Gasteiger charge is 2.22. The maximum atomic E-state index is 9.42. The molecule has 0 radical (unpaired) electrons. The number of hydrogen-bond donors (Lipinski definition) is 3. The second kappa shape index (κ2) is 5.54. The lowest BCUT2D eigenvalue weighted by Gasteiger charge is -2.33. The van der Waals surface area contributed by atoms with E-state index in [1.54, 1.807) is 0 Å². The topological polar surface area (TPSA) is 60.7 Å². The molecule has 4 nitrogen and oxygen atoms in total. The third kappa shape index (κ3) is 5.99. The van der Waals surface area contributed by atoms with Crippen LogP contribution < -0.4 is 0 Å². The van der Waals surface area contributed by atoms with Crippen molar-refractivity contribution in [3.8, 4) is 0 Å². The Morgan fingerprint density at radius 1 is 1.08 bits per heavy atom. The smallest absolute Gasteiger partial charge is 0.126 e. The first-order valence-electron chi connectivity index (χ1n) is 4.70. The van der Waals surface area contributed by atoms with Gasteiger partial charge in [-0.15, -0.1) is 0 Å². The summed E-state index contributed by atoms with van der Waals surface area (Å²) in [5, 5.41) is 27.3. The van der Waals surface area contributed by atoms with Crippen molar-refractivity contribution >= 4 is 0 Å². The standard InChI is InChI=1S/C9H22NO3/c1-4-8(12)5-10(2,3)6-9(13)7-11/h8-9,11-13H,4-7H2,1-3H3/q+1. The van der Waals surface area contributed by atoms with E-state index in [1.807, 2.05) is 21.0 Å². The lowest BCUT2D eigenvalue weighted by Crippen LogP contribution is -2.50. The average molecular weight is 192 g/mol. The van der Waals surface area contributed by atoms with E-state index in [0.717, 1.165) is 6.42 Å². The van der Waals surface area contributed by atoms with Crippen LogP contribution in [0, 0.1) is 0 Å². The summed E-state index contributed by atoms with van der Waals surface area (Å²) in [7, 11) is 3.86. The Hall–Kier alpha value is -0.160. The molecule has 0 rings (SSSR count). The second-order valence-electron chi connectivity index (χ2n) is 4.20.